The molecule has 2 aromatic carbocycles. The average Bonchev–Trinajstić information content (AvgIpc) is 2.42. The van der Waals surface area contributed by atoms with Gasteiger partial charge in [0.2, 0.25) is 0 Å². The number of rotatable bonds is 5. The van der Waals surface area contributed by atoms with Gasteiger partial charge in [-0.05, 0) is 29.8 Å². The summed E-state index contributed by atoms with van der Waals surface area (Å²) in [6.07, 6.45) is 0. The summed E-state index contributed by atoms with van der Waals surface area (Å²) in [6, 6.07) is 13.6. The predicted molar refractivity (Wildman–Crippen MR) is 80.0 cm³/mol. The molecule has 0 bridgehead atoms. The Hall–Kier alpha value is -1.52. The maximum atomic E-state index is 5.92. The molecule has 0 saturated heterocycles. The van der Waals surface area contributed by atoms with Gasteiger partial charge in [-0.15, -0.1) is 0 Å². The summed E-state index contributed by atoms with van der Waals surface area (Å²) in [5.41, 5.74) is 8.70. The Morgan fingerprint density at radius 1 is 1.11 bits per heavy atom. The van der Waals surface area contributed by atoms with E-state index < -0.39 is 0 Å². The van der Waals surface area contributed by atoms with Crippen LogP contribution in [0.25, 0.3) is 0 Å². The highest BCUT2D eigenvalue weighted by Crippen LogP contribution is 2.23. The van der Waals surface area contributed by atoms with Crippen LogP contribution in [0.4, 0.5) is 5.69 Å². The van der Waals surface area contributed by atoms with Gasteiger partial charge in [0.05, 0.1) is 20.3 Å². The molecule has 19 heavy (non-hydrogen) atoms. The normalized spacial score (nSPS) is 10.4. The molecule has 2 rings (SSSR count). The smallest absolute Gasteiger partial charge is 0.119 e. The fourth-order valence-electron chi connectivity index (χ4n) is 1.76. The van der Waals surface area contributed by atoms with Crippen molar-refractivity contribution in [3.05, 3.63) is 58.1 Å². The highest BCUT2D eigenvalue weighted by Gasteiger charge is 2.04. The average molecular weight is 322 g/mol. The molecule has 2 N–H and O–H groups in total. The van der Waals surface area contributed by atoms with Gasteiger partial charge in [0.15, 0.2) is 0 Å². The second kappa shape index (κ2) is 6.59. The first-order chi connectivity index (χ1) is 9.20. The Balaban J connectivity index is 1.96. The number of benzene rings is 2. The van der Waals surface area contributed by atoms with Crippen molar-refractivity contribution in [3.8, 4) is 5.75 Å². The molecule has 0 spiro atoms. The van der Waals surface area contributed by atoms with Crippen molar-refractivity contribution in [2.75, 3.05) is 12.8 Å². The second-order valence-electron chi connectivity index (χ2n) is 4.15. The van der Waals surface area contributed by atoms with E-state index in [4.69, 9.17) is 15.2 Å². The summed E-state index contributed by atoms with van der Waals surface area (Å²) in [5, 5.41) is 0. The first kappa shape index (κ1) is 13.9. The number of hydrogen-bond donors (Lipinski definition) is 1. The lowest BCUT2D eigenvalue weighted by molar-refractivity contribution is 0.107. The van der Waals surface area contributed by atoms with Crippen LogP contribution in [-0.2, 0) is 18.0 Å². The SMILES string of the molecule is COc1cccc(COCc2c(N)cccc2Br)c1. The van der Waals surface area contributed by atoms with Gasteiger partial charge >= 0.3 is 0 Å². The van der Waals surface area contributed by atoms with Crippen molar-refractivity contribution in [1.82, 2.24) is 0 Å². The number of methoxy groups -OCH3 is 1. The summed E-state index contributed by atoms with van der Waals surface area (Å²) >= 11 is 3.48. The molecule has 4 heteroatoms. The Labute approximate surface area is 121 Å². The van der Waals surface area contributed by atoms with Gasteiger partial charge in [0.1, 0.15) is 5.75 Å². The third-order valence-corrected chi connectivity index (χ3v) is 3.55. The van der Waals surface area contributed by atoms with Crippen LogP contribution in [0.2, 0.25) is 0 Å². The van der Waals surface area contributed by atoms with E-state index in [2.05, 4.69) is 15.9 Å². The highest BCUT2D eigenvalue weighted by molar-refractivity contribution is 9.10. The van der Waals surface area contributed by atoms with E-state index in [-0.39, 0.29) is 0 Å². The lowest BCUT2D eigenvalue weighted by atomic mass is 10.2. The van der Waals surface area contributed by atoms with Crippen LogP contribution >= 0.6 is 15.9 Å². The molecule has 0 saturated carbocycles. The Morgan fingerprint density at radius 3 is 2.63 bits per heavy atom. The number of halogens is 1. The minimum atomic E-state index is 0.477. The van der Waals surface area contributed by atoms with Gasteiger partial charge in [-0.3, -0.25) is 0 Å². The van der Waals surface area contributed by atoms with Crippen LogP contribution in [0.15, 0.2) is 46.9 Å². The van der Waals surface area contributed by atoms with E-state index >= 15 is 0 Å². The molecule has 0 heterocycles. The molecule has 0 amide bonds. The van der Waals surface area contributed by atoms with Crippen molar-refractivity contribution in [1.29, 1.82) is 0 Å². The number of anilines is 1. The zero-order valence-electron chi connectivity index (χ0n) is 10.7. The number of nitrogen functional groups attached to an aromatic ring is 1. The molecule has 0 radical (unpaired) electrons. The van der Waals surface area contributed by atoms with Crippen LogP contribution in [0.5, 0.6) is 5.75 Å². The first-order valence-electron chi connectivity index (χ1n) is 5.94. The molecule has 3 nitrogen and oxygen atoms in total. The lowest BCUT2D eigenvalue weighted by Gasteiger charge is -2.10. The van der Waals surface area contributed by atoms with E-state index in [1.807, 2.05) is 42.5 Å². The van der Waals surface area contributed by atoms with Crippen LogP contribution in [0, 0.1) is 0 Å². The Bertz CT molecular complexity index is 537. The monoisotopic (exact) mass is 321 g/mol. The third-order valence-electron chi connectivity index (χ3n) is 2.80. The van der Waals surface area contributed by atoms with E-state index in [1.165, 1.54) is 0 Å². The fraction of sp³-hybridized carbons (Fsp3) is 0.200. The van der Waals surface area contributed by atoms with Crippen molar-refractivity contribution < 1.29 is 9.47 Å². The topological polar surface area (TPSA) is 44.5 Å². The van der Waals surface area contributed by atoms with Gasteiger partial charge < -0.3 is 15.2 Å². The van der Waals surface area contributed by atoms with Crippen molar-refractivity contribution in [3.63, 3.8) is 0 Å². The van der Waals surface area contributed by atoms with Gasteiger partial charge in [-0.25, -0.2) is 0 Å². The van der Waals surface area contributed by atoms with Crippen LogP contribution in [0.1, 0.15) is 11.1 Å². The van der Waals surface area contributed by atoms with E-state index in [0.717, 1.165) is 27.0 Å². The minimum Gasteiger partial charge on any atom is -0.497 e. The zero-order valence-corrected chi connectivity index (χ0v) is 12.3. The standard InChI is InChI=1S/C15H16BrNO2/c1-18-12-5-2-4-11(8-12)9-19-10-13-14(16)6-3-7-15(13)17/h2-8H,9-10,17H2,1H3. The van der Waals surface area contributed by atoms with Gasteiger partial charge in [0, 0.05) is 15.7 Å². The quantitative estimate of drug-likeness (QED) is 0.853. The summed E-state index contributed by atoms with van der Waals surface area (Å²) in [4.78, 5) is 0. The maximum Gasteiger partial charge on any atom is 0.119 e. The lowest BCUT2D eigenvalue weighted by Crippen LogP contribution is -1.99. The molecular formula is C15H16BrNO2. The summed E-state index contributed by atoms with van der Waals surface area (Å²) in [5.74, 6) is 0.835. The van der Waals surface area contributed by atoms with Crippen molar-refractivity contribution in [2.45, 2.75) is 13.2 Å². The van der Waals surface area contributed by atoms with Gasteiger partial charge in [-0.1, -0.05) is 34.1 Å². The van der Waals surface area contributed by atoms with Crippen LogP contribution < -0.4 is 10.5 Å². The van der Waals surface area contributed by atoms with Crippen LogP contribution in [0.3, 0.4) is 0 Å². The van der Waals surface area contributed by atoms with E-state index in [0.29, 0.717) is 13.2 Å². The van der Waals surface area contributed by atoms with Crippen molar-refractivity contribution in [2.24, 2.45) is 0 Å². The number of hydrogen-bond acceptors (Lipinski definition) is 3. The maximum absolute atomic E-state index is 5.92. The second-order valence-corrected chi connectivity index (χ2v) is 5.01. The number of nitrogens with two attached hydrogens (primary N) is 1. The highest BCUT2D eigenvalue weighted by atomic mass is 79.9. The van der Waals surface area contributed by atoms with Crippen molar-refractivity contribution >= 4 is 21.6 Å². The summed E-state index contributed by atoms with van der Waals surface area (Å²) < 4.78 is 11.8. The molecule has 2 aromatic rings. The van der Waals surface area contributed by atoms with Gasteiger partial charge in [-0.2, -0.15) is 0 Å². The third kappa shape index (κ3) is 3.72. The molecule has 0 aliphatic carbocycles. The molecule has 0 unspecified atom stereocenters. The van der Waals surface area contributed by atoms with E-state index in [1.54, 1.807) is 7.11 Å². The molecule has 0 aromatic heterocycles. The Kier molecular flexibility index (Phi) is 4.82. The summed E-state index contributed by atoms with van der Waals surface area (Å²) in [7, 11) is 1.65. The number of ether oxygens (including phenoxy) is 2. The largest absolute Gasteiger partial charge is 0.497 e. The molecule has 100 valence electrons. The Morgan fingerprint density at radius 2 is 1.89 bits per heavy atom. The molecule has 0 aliphatic rings. The fourth-order valence-corrected chi connectivity index (χ4v) is 2.26. The van der Waals surface area contributed by atoms with E-state index in [9.17, 15) is 0 Å². The predicted octanol–water partition coefficient (Wildman–Crippen LogP) is 3.76. The van der Waals surface area contributed by atoms with Gasteiger partial charge in [0.25, 0.3) is 0 Å². The molecule has 0 aliphatic heterocycles. The molecular weight excluding hydrogens is 306 g/mol. The minimum absolute atomic E-state index is 0.477. The zero-order chi connectivity index (χ0) is 13.7. The summed E-state index contributed by atoms with van der Waals surface area (Å²) in [6.45, 7) is 1.00. The molecule has 0 fully saturated rings. The first-order valence-corrected chi connectivity index (χ1v) is 6.73. The van der Waals surface area contributed by atoms with Crippen LogP contribution in [-0.4, -0.2) is 7.11 Å². The molecule has 0 atom stereocenters.